The molecule has 96 valence electrons. The lowest BCUT2D eigenvalue weighted by atomic mass is 10.0. The van der Waals surface area contributed by atoms with Crippen molar-refractivity contribution in [3.63, 3.8) is 0 Å². The van der Waals surface area contributed by atoms with Gasteiger partial charge in [0.25, 0.3) is 0 Å². The smallest absolute Gasteiger partial charge is 0.0691 e. The first-order valence-corrected chi connectivity index (χ1v) is 8.08. The highest BCUT2D eigenvalue weighted by Crippen LogP contribution is 2.28. The first-order valence-electron chi connectivity index (χ1n) is 6.69. The van der Waals surface area contributed by atoms with Gasteiger partial charge in [0.2, 0.25) is 0 Å². The van der Waals surface area contributed by atoms with Crippen molar-refractivity contribution < 1.29 is 8.95 Å². The van der Waals surface area contributed by atoms with Gasteiger partial charge in [-0.1, -0.05) is 19.3 Å². The van der Waals surface area contributed by atoms with E-state index in [1.807, 2.05) is 0 Å². The van der Waals surface area contributed by atoms with Crippen LogP contribution in [0.5, 0.6) is 0 Å². The average Bonchev–Trinajstić information content (AvgIpc) is 2.71. The summed E-state index contributed by atoms with van der Waals surface area (Å²) in [5, 5.41) is 9.27. The zero-order chi connectivity index (χ0) is 12.1. The second-order valence-electron chi connectivity index (χ2n) is 5.09. The van der Waals surface area contributed by atoms with Crippen LogP contribution in [0.1, 0.15) is 44.9 Å². The molecule has 2 rings (SSSR count). The fourth-order valence-electron chi connectivity index (χ4n) is 2.82. The average molecular weight is 255 g/mol. The monoisotopic (exact) mass is 255 g/mol. The first-order chi connectivity index (χ1) is 8.31. The second kappa shape index (κ2) is 6.51. The molecule has 1 saturated heterocycles. The Kier molecular flexibility index (Phi) is 4.99. The zero-order valence-electron chi connectivity index (χ0n) is 10.3. The van der Waals surface area contributed by atoms with E-state index in [1.54, 1.807) is 0 Å². The van der Waals surface area contributed by atoms with Crippen LogP contribution < -0.4 is 0 Å². The van der Waals surface area contributed by atoms with Crippen LogP contribution in [0.3, 0.4) is 0 Å². The standard InChI is InChI=1S/C13H21NO2S/c14-9-11-5-2-1-3-7-13(11)17(15)10-12-6-4-8-16-12/h11-13H,1-8,10H2. The molecule has 0 radical (unpaired) electrons. The molecule has 4 unspecified atom stereocenters. The number of hydrogen-bond donors (Lipinski definition) is 0. The Bertz CT molecular complexity index is 307. The van der Waals surface area contributed by atoms with E-state index in [1.165, 1.54) is 6.42 Å². The highest BCUT2D eigenvalue weighted by atomic mass is 32.2. The minimum atomic E-state index is -0.885. The molecule has 0 bridgehead atoms. The minimum absolute atomic E-state index is 0.000244. The van der Waals surface area contributed by atoms with E-state index in [2.05, 4.69) is 6.07 Å². The van der Waals surface area contributed by atoms with Gasteiger partial charge >= 0.3 is 0 Å². The molecule has 17 heavy (non-hydrogen) atoms. The largest absolute Gasteiger partial charge is 0.377 e. The molecule has 4 heteroatoms. The molecule has 0 amide bonds. The predicted molar refractivity (Wildman–Crippen MR) is 68.0 cm³/mol. The van der Waals surface area contributed by atoms with E-state index in [9.17, 15) is 9.47 Å². The molecule has 0 spiro atoms. The summed E-state index contributed by atoms with van der Waals surface area (Å²) in [6.07, 6.45) is 7.62. The summed E-state index contributed by atoms with van der Waals surface area (Å²) < 4.78 is 17.9. The van der Waals surface area contributed by atoms with E-state index in [4.69, 9.17) is 4.74 Å². The van der Waals surface area contributed by atoms with Crippen molar-refractivity contribution in [2.45, 2.75) is 56.3 Å². The second-order valence-corrected chi connectivity index (χ2v) is 6.79. The lowest BCUT2D eigenvalue weighted by Gasteiger charge is -2.20. The third kappa shape index (κ3) is 3.53. The Morgan fingerprint density at radius 2 is 2.00 bits per heavy atom. The summed E-state index contributed by atoms with van der Waals surface area (Å²) in [6, 6.07) is 2.37. The molecule has 0 aromatic carbocycles. The van der Waals surface area contributed by atoms with Crippen molar-refractivity contribution in [1.29, 1.82) is 5.26 Å². The normalized spacial score (nSPS) is 36.1. The Labute approximate surface area is 106 Å². The maximum atomic E-state index is 12.4. The van der Waals surface area contributed by atoms with Gasteiger partial charge in [0.1, 0.15) is 0 Å². The first kappa shape index (κ1) is 13.0. The fraction of sp³-hybridized carbons (Fsp3) is 0.923. The van der Waals surface area contributed by atoms with Crippen molar-refractivity contribution in [3.8, 4) is 6.07 Å². The minimum Gasteiger partial charge on any atom is -0.377 e. The molecule has 1 aliphatic carbocycles. The Balaban J connectivity index is 1.92. The van der Waals surface area contributed by atoms with Gasteiger partial charge in [0.15, 0.2) is 0 Å². The van der Waals surface area contributed by atoms with E-state index >= 15 is 0 Å². The predicted octanol–water partition coefficient (Wildman–Crippen LogP) is 2.39. The van der Waals surface area contributed by atoms with Crippen LogP contribution in [0, 0.1) is 17.2 Å². The van der Waals surface area contributed by atoms with Crippen LogP contribution in [0.2, 0.25) is 0 Å². The van der Waals surface area contributed by atoms with Crippen LogP contribution in [0.15, 0.2) is 0 Å². The number of nitriles is 1. The molecule has 4 atom stereocenters. The molecule has 0 N–H and O–H groups in total. The lowest BCUT2D eigenvalue weighted by Crippen LogP contribution is -2.29. The molecule has 1 aliphatic heterocycles. The topological polar surface area (TPSA) is 50.1 Å². The summed E-state index contributed by atoms with van der Waals surface area (Å²) in [5.41, 5.74) is 0. The molecule has 1 heterocycles. The van der Waals surface area contributed by atoms with Crippen molar-refractivity contribution >= 4 is 10.8 Å². The van der Waals surface area contributed by atoms with E-state index in [0.29, 0.717) is 5.75 Å². The van der Waals surface area contributed by atoms with E-state index in [-0.39, 0.29) is 17.3 Å². The van der Waals surface area contributed by atoms with Crippen LogP contribution in [-0.4, -0.2) is 27.9 Å². The maximum absolute atomic E-state index is 12.4. The Hall–Kier alpha value is -0.400. The van der Waals surface area contributed by atoms with Crippen LogP contribution in [-0.2, 0) is 15.5 Å². The van der Waals surface area contributed by atoms with Crippen molar-refractivity contribution in [2.24, 2.45) is 5.92 Å². The third-order valence-corrected chi connectivity index (χ3v) is 5.77. The van der Waals surface area contributed by atoms with Gasteiger partial charge in [-0.3, -0.25) is 4.21 Å². The molecule has 1 saturated carbocycles. The SMILES string of the molecule is N#CC1CCCCCC1S(=O)CC1CCCO1. The molecular weight excluding hydrogens is 234 g/mol. The quantitative estimate of drug-likeness (QED) is 0.728. The van der Waals surface area contributed by atoms with Gasteiger partial charge in [0, 0.05) is 17.4 Å². The third-order valence-electron chi connectivity index (χ3n) is 3.83. The summed E-state index contributed by atoms with van der Waals surface area (Å²) in [6.45, 7) is 0.814. The highest BCUT2D eigenvalue weighted by molar-refractivity contribution is 7.85. The van der Waals surface area contributed by atoms with Gasteiger partial charge in [0.05, 0.1) is 29.1 Å². The fourth-order valence-corrected chi connectivity index (χ4v) is 4.69. The Morgan fingerprint density at radius 1 is 1.18 bits per heavy atom. The molecule has 0 aromatic rings. The summed E-state index contributed by atoms with van der Waals surface area (Å²) in [4.78, 5) is 0. The lowest BCUT2D eigenvalue weighted by molar-refractivity contribution is 0.128. The summed E-state index contributed by atoms with van der Waals surface area (Å²) in [7, 11) is -0.885. The molecular formula is C13H21NO2S. The molecule has 3 nitrogen and oxygen atoms in total. The van der Waals surface area contributed by atoms with Gasteiger partial charge < -0.3 is 4.74 Å². The van der Waals surface area contributed by atoms with E-state index in [0.717, 1.165) is 45.1 Å². The summed E-state index contributed by atoms with van der Waals surface area (Å²) >= 11 is 0. The van der Waals surface area contributed by atoms with E-state index < -0.39 is 10.8 Å². The summed E-state index contributed by atoms with van der Waals surface area (Å²) in [5.74, 6) is 0.641. The number of nitrogens with zero attached hydrogens (tertiary/aromatic N) is 1. The number of ether oxygens (including phenoxy) is 1. The van der Waals surface area contributed by atoms with Crippen molar-refractivity contribution in [3.05, 3.63) is 0 Å². The molecule has 2 fully saturated rings. The maximum Gasteiger partial charge on any atom is 0.0691 e. The van der Waals surface area contributed by atoms with Gasteiger partial charge in [-0.05, 0) is 25.7 Å². The van der Waals surface area contributed by atoms with Gasteiger partial charge in [-0.2, -0.15) is 5.26 Å². The van der Waals surface area contributed by atoms with Crippen molar-refractivity contribution in [1.82, 2.24) is 0 Å². The molecule has 0 aromatic heterocycles. The van der Waals surface area contributed by atoms with Crippen LogP contribution in [0.4, 0.5) is 0 Å². The zero-order valence-corrected chi connectivity index (χ0v) is 11.1. The number of rotatable bonds is 3. The van der Waals surface area contributed by atoms with Gasteiger partial charge in [-0.25, -0.2) is 0 Å². The van der Waals surface area contributed by atoms with Crippen molar-refractivity contribution in [2.75, 3.05) is 12.4 Å². The van der Waals surface area contributed by atoms with Gasteiger partial charge in [-0.15, -0.1) is 0 Å². The highest BCUT2D eigenvalue weighted by Gasteiger charge is 2.30. The van der Waals surface area contributed by atoms with Crippen LogP contribution in [0.25, 0.3) is 0 Å². The van der Waals surface area contributed by atoms with Crippen LogP contribution >= 0.6 is 0 Å². The molecule has 2 aliphatic rings. The Morgan fingerprint density at radius 3 is 2.71 bits per heavy atom. The number of hydrogen-bond acceptors (Lipinski definition) is 3.